The lowest BCUT2D eigenvalue weighted by Gasteiger charge is -2.20. The van der Waals surface area contributed by atoms with Crippen LogP contribution in [0.1, 0.15) is 31.1 Å². The smallest absolute Gasteiger partial charge is 0.255 e. The van der Waals surface area contributed by atoms with Crippen molar-refractivity contribution in [2.75, 3.05) is 37.4 Å². The molecule has 31 heavy (non-hydrogen) atoms. The van der Waals surface area contributed by atoms with E-state index >= 15 is 0 Å². The van der Waals surface area contributed by atoms with Gasteiger partial charge in [-0.2, -0.15) is 0 Å². The monoisotopic (exact) mass is 426 g/mol. The SMILES string of the molecule is CCN(CC(=O)Nc1ccc(C(=O)Nc2ccc(OC)cc2)cc1)CC(=O)NC(C)C. The van der Waals surface area contributed by atoms with Crippen LogP contribution < -0.4 is 20.7 Å². The number of hydrogen-bond acceptors (Lipinski definition) is 5. The van der Waals surface area contributed by atoms with Crippen LogP contribution in [-0.4, -0.2) is 55.4 Å². The quantitative estimate of drug-likeness (QED) is 0.543. The first-order valence-electron chi connectivity index (χ1n) is 10.2. The van der Waals surface area contributed by atoms with Gasteiger partial charge in [-0.3, -0.25) is 19.3 Å². The molecule has 0 atom stereocenters. The average Bonchev–Trinajstić information content (AvgIpc) is 2.73. The van der Waals surface area contributed by atoms with E-state index in [4.69, 9.17) is 4.74 Å². The van der Waals surface area contributed by atoms with Crippen molar-refractivity contribution < 1.29 is 19.1 Å². The molecule has 166 valence electrons. The number of carbonyl (C=O) groups is 3. The van der Waals surface area contributed by atoms with Gasteiger partial charge in [0.05, 0.1) is 20.2 Å². The van der Waals surface area contributed by atoms with Crippen LogP contribution in [0.2, 0.25) is 0 Å². The van der Waals surface area contributed by atoms with Gasteiger partial charge >= 0.3 is 0 Å². The summed E-state index contributed by atoms with van der Waals surface area (Å²) in [7, 11) is 1.58. The predicted molar refractivity (Wildman–Crippen MR) is 121 cm³/mol. The van der Waals surface area contributed by atoms with Gasteiger partial charge in [-0.05, 0) is 68.9 Å². The van der Waals surface area contributed by atoms with Crippen LogP contribution in [0.4, 0.5) is 11.4 Å². The molecule has 3 amide bonds. The van der Waals surface area contributed by atoms with Crippen molar-refractivity contribution in [1.82, 2.24) is 10.2 Å². The maximum Gasteiger partial charge on any atom is 0.255 e. The molecule has 8 nitrogen and oxygen atoms in total. The van der Waals surface area contributed by atoms with Crippen LogP contribution in [0, 0.1) is 0 Å². The average molecular weight is 427 g/mol. The summed E-state index contributed by atoms with van der Waals surface area (Å²) < 4.78 is 5.10. The van der Waals surface area contributed by atoms with Crippen LogP contribution in [0.15, 0.2) is 48.5 Å². The van der Waals surface area contributed by atoms with Gasteiger partial charge in [0.25, 0.3) is 5.91 Å². The van der Waals surface area contributed by atoms with Gasteiger partial charge in [-0.1, -0.05) is 6.92 Å². The fourth-order valence-electron chi connectivity index (χ4n) is 2.84. The molecule has 2 aromatic carbocycles. The highest BCUT2D eigenvalue weighted by molar-refractivity contribution is 6.04. The zero-order valence-corrected chi connectivity index (χ0v) is 18.4. The minimum absolute atomic E-state index is 0.0560. The first-order chi connectivity index (χ1) is 14.8. The molecule has 0 heterocycles. The van der Waals surface area contributed by atoms with E-state index in [0.29, 0.717) is 29.2 Å². The molecule has 0 aliphatic rings. The molecule has 8 heteroatoms. The van der Waals surface area contributed by atoms with E-state index in [9.17, 15) is 14.4 Å². The Labute approximate surface area is 183 Å². The molecular formula is C23H30N4O4. The standard InChI is InChI=1S/C23H30N4O4/c1-5-27(14-21(28)24-16(2)3)15-22(29)25-18-8-6-17(7-9-18)23(30)26-19-10-12-20(31-4)13-11-19/h6-13,16H,5,14-15H2,1-4H3,(H,24,28)(H,25,29)(H,26,30). The summed E-state index contributed by atoms with van der Waals surface area (Å²) in [5.41, 5.74) is 1.70. The molecule has 0 radical (unpaired) electrons. The maximum atomic E-state index is 12.4. The summed E-state index contributed by atoms with van der Waals surface area (Å²) in [5.74, 6) is 0.114. The highest BCUT2D eigenvalue weighted by Gasteiger charge is 2.14. The molecule has 2 rings (SSSR count). The fraction of sp³-hybridized carbons (Fsp3) is 0.348. The van der Waals surface area contributed by atoms with Crippen LogP contribution in [0.5, 0.6) is 5.75 Å². The first-order valence-corrected chi connectivity index (χ1v) is 10.2. The minimum Gasteiger partial charge on any atom is -0.497 e. The molecular weight excluding hydrogens is 396 g/mol. The second-order valence-corrected chi connectivity index (χ2v) is 7.33. The van der Waals surface area contributed by atoms with E-state index in [-0.39, 0.29) is 36.9 Å². The second kappa shape index (κ2) is 11.7. The molecule has 0 unspecified atom stereocenters. The number of anilines is 2. The molecule has 0 saturated carbocycles. The van der Waals surface area contributed by atoms with Crippen molar-refractivity contribution in [3.8, 4) is 5.75 Å². The van der Waals surface area contributed by atoms with Crippen LogP contribution in [0.3, 0.4) is 0 Å². The Balaban J connectivity index is 1.88. The number of carbonyl (C=O) groups excluding carboxylic acids is 3. The zero-order valence-electron chi connectivity index (χ0n) is 18.4. The van der Waals surface area contributed by atoms with Gasteiger partial charge in [0.15, 0.2) is 0 Å². The summed E-state index contributed by atoms with van der Waals surface area (Å²) in [6.07, 6.45) is 0. The number of benzene rings is 2. The molecule has 0 spiro atoms. The van der Waals surface area contributed by atoms with Crippen molar-refractivity contribution >= 4 is 29.1 Å². The molecule has 0 saturated heterocycles. The molecule has 0 aromatic heterocycles. The summed E-state index contributed by atoms with van der Waals surface area (Å²) in [4.78, 5) is 38.4. The molecule has 0 bridgehead atoms. The predicted octanol–water partition coefficient (Wildman–Crippen LogP) is 2.73. The number of nitrogens with one attached hydrogen (secondary N) is 3. The van der Waals surface area contributed by atoms with Gasteiger partial charge in [-0.25, -0.2) is 0 Å². The summed E-state index contributed by atoms with van der Waals surface area (Å²) in [6, 6.07) is 13.7. The third-order valence-electron chi connectivity index (χ3n) is 4.41. The zero-order chi connectivity index (χ0) is 22.8. The largest absolute Gasteiger partial charge is 0.497 e. The van der Waals surface area contributed by atoms with Crippen molar-refractivity contribution in [3.63, 3.8) is 0 Å². The van der Waals surface area contributed by atoms with Gasteiger partial charge in [-0.15, -0.1) is 0 Å². The molecule has 3 N–H and O–H groups in total. The third kappa shape index (κ3) is 8.10. The number of hydrogen-bond donors (Lipinski definition) is 3. The van der Waals surface area contributed by atoms with E-state index in [1.807, 2.05) is 20.8 Å². The van der Waals surface area contributed by atoms with Crippen LogP contribution in [0.25, 0.3) is 0 Å². The van der Waals surface area contributed by atoms with Gasteiger partial charge in [0.2, 0.25) is 11.8 Å². The van der Waals surface area contributed by atoms with Crippen molar-refractivity contribution in [3.05, 3.63) is 54.1 Å². The molecule has 0 fully saturated rings. The van der Waals surface area contributed by atoms with E-state index in [2.05, 4.69) is 16.0 Å². The number of nitrogens with zero attached hydrogens (tertiary/aromatic N) is 1. The molecule has 2 aromatic rings. The number of ether oxygens (including phenoxy) is 1. The Morgan fingerprint density at radius 2 is 1.42 bits per heavy atom. The van der Waals surface area contributed by atoms with E-state index in [1.54, 1.807) is 60.5 Å². The summed E-state index contributed by atoms with van der Waals surface area (Å²) in [5, 5.41) is 8.41. The Bertz CT molecular complexity index is 879. The lowest BCUT2D eigenvalue weighted by Crippen LogP contribution is -2.42. The highest BCUT2D eigenvalue weighted by atomic mass is 16.5. The Kier molecular flexibility index (Phi) is 9.02. The third-order valence-corrected chi connectivity index (χ3v) is 4.41. The van der Waals surface area contributed by atoms with Gasteiger partial charge in [0.1, 0.15) is 5.75 Å². The fourth-order valence-corrected chi connectivity index (χ4v) is 2.84. The maximum absolute atomic E-state index is 12.4. The van der Waals surface area contributed by atoms with E-state index in [1.165, 1.54) is 0 Å². The summed E-state index contributed by atoms with van der Waals surface area (Å²) in [6.45, 7) is 6.51. The highest BCUT2D eigenvalue weighted by Crippen LogP contribution is 2.17. The molecule has 0 aliphatic carbocycles. The minimum atomic E-state index is -0.253. The van der Waals surface area contributed by atoms with Crippen molar-refractivity contribution in [2.45, 2.75) is 26.8 Å². The lowest BCUT2D eigenvalue weighted by molar-refractivity contribution is -0.123. The number of methoxy groups -OCH3 is 1. The van der Waals surface area contributed by atoms with E-state index < -0.39 is 0 Å². The van der Waals surface area contributed by atoms with Gasteiger partial charge in [0, 0.05) is 23.0 Å². The van der Waals surface area contributed by atoms with Crippen LogP contribution in [-0.2, 0) is 9.59 Å². The van der Waals surface area contributed by atoms with E-state index in [0.717, 1.165) is 0 Å². The van der Waals surface area contributed by atoms with Crippen molar-refractivity contribution in [2.24, 2.45) is 0 Å². The normalized spacial score (nSPS) is 10.6. The number of amides is 3. The Morgan fingerprint density at radius 1 is 0.871 bits per heavy atom. The molecule has 0 aliphatic heterocycles. The lowest BCUT2D eigenvalue weighted by atomic mass is 10.2. The summed E-state index contributed by atoms with van der Waals surface area (Å²) >= 11 is 0. The Morgan fingerprint density at radius 3 is 1.97 bits per heavy atom. The van der Waals surface area contributed by atoms with Crippen molar-refractivity contribution in [1.29, 1.82) is 0 Å². The Hall–Kier alpha value is -3.39. The van der Waals surface area contributed by atoms with Gasteiger partial charge < -0.3 is 20.7 Å². The van der Waals surface area contributed by atoms with Crippen LogP contribution >= 0.6 is 0 Å². The topological polar surface area (TPSA) is 99.8 Å². The number of rotatable bonds is 10. The second-order valence-electron chi connectivity index (χ2n) is 7.33. The first kappa shape index (κ1) is 23.9. The number of likely N-dealkylation sites (N-methyl/N-ethyl adjacent to an activating group) is 1.